The van der Waals surface area contributed by atoms with Crippen LogP contribution in [0.5, 0.6) is 11.6 Å². The summed E-state index contributed by atoms with van der Waals surface area (Å²) in [6.07, 6.45) is 5.00. The molecule has 4 rings (SSSR count). The van der Waals surface area contributed by atoms with E-state index in [1.807, 2.05) is 38.1 Å². The van der Waals surface area contributed by atoms with Crippen LogP contribution in [0.4, 0.5) is 5.69 Å². The Labute approximate surface area is 158 Å². The average Bonchev–Trinajstić information content (AvgIpc) is 3.17. The van der Waals surface area contributed by atoms with Crippen LogP contribution in [0.1, 0.15) is 19.5 Å². The lowest BCUT2D eigenvalue weighted by Gasteiger charge is -2.09. The molecule has 0 aliphatic rings. The molecular weight excluding hydrogens is 360 g/mol. The van der Waals surface area contributed by atoms with Crippen molar-refractivity contribution in [2.24, 2.45) is 4.99 Å². The van der Waals surface area contributed by atoms with Crippen molar-refractivity contribution in [3.63, 3.8) is 0 Å². The molecule has 9 heteroatoms. The van der Waals surface area contributed by atoms with Gasteiger partial charge in [0.2, 0.25) is 5.88 Å². The zero-order valence-corrected chi connectivity index (χ0v) is 15.2. The summed E-state index contributed by atoms with van der Waals surface area (Å²) < 4.78 is 7.28. The number of fused-ring (bicyclic) bond motifs is 1. The van der Waals surface area contributed by atoms with Crippen molar-refractivity contribution < 1.29 is 9.84 Å². The highest BCUT2D eigenvalue weighted by Gasteiger charge is 2.05. The van der Waals surface area contributed by atoms with Gasteiger partial charge >= 0.3 is 5.69 Å². The molecule has 0 saturated carbocycles. The van der Waals surface area contributed by atoms with Gasteiger partial charge in [-0.15, -0.1) is 0 Å². The molecule has 0 aliphatic heterocycles. The Kier molecular flexibility index (Phi) is 4.40. The van der Waals surface area contributed by atoms with Crippen molar-refractivity contribution in [2.75, 3.05) is 0 Å². The molecular formula is C19H18N6O3. The smallest absolute Gasteiger partial charge is 0.326 e. The fourth-order valence-electron chi connectivity index (χ4n) is 2.72. The molecule has 0 spiro atoms. The molecule has 0 saturated heterocycles. The quantitative estimate of drug-likeness (QED) is 0.490. The maximum absolute atomic E-state index is 11.3. The van der Waals surface area contributed by atoms with E-state index in [0.717, 1.165) is 5.75 Å². The summed E-state index contributed by atoms with van der Waals surface area (Å²) in [6.45, 7) is 3.93. The standard InChI is InChI=1S/C19H18N6O3/c1-11(2)28-14-5-3-4-13(9-14)21-16-6-7-25-17(23-16)12(10-20-25)8-15-18(26)24-19(27)22-15/h3-11,26H,1-2H3,(H2,22,24,27). The molecule has 0 radical (unpaired) electrons. The highest BCUT2D eigenvalue weighted by molar-refractivity contribution is 5.56. The third-order valence-corrected chi connectivity index (χ3v) is 3.85. The second-order valence-electron chi connectivity index (χ2n) is 6.42. The van der Waals surface area contributed by atoms with Crippen molar-refractivity contribution >= 4 is 17.4 Å². The number of imidazole rings is 1. The van der Waals surface area contributed by atoms with E-state index >= 15 is 0 Å². The molecule has 28 heavy (non-hydrogen) atoms. The first-order chi connectivity index (χ1) is 13.5. The van der Waals surface area contributed by atoms with Gasteiger partial charge in [0.1, 0.15) is 11.4 Å². The van der Waals surface area contributed by atoms with Gasteiger partial charge in [-0.1, -0.05) is 6.07 Å². The molecule has 0 aliphatic carbocycles. The minimum atomic E-state index is -0.493. The largest absolute Gasteiger partial charge is 0.493 e. The zero-order chi connectivity index (χ0) is 19.7. The van der Waals surface area contributed by atoms with E-state index < -0.39 is 5.69 Å². The molecule has 0 unspecified atom stereocenters. The lowest BCUT2D eigenvalue weighted by atomic mass is 10.3. The van der Waals surface area contributed by atoms with Crippen molar-refractivity contribution in [1.29, 1.82) is 0 Å². The molecule has 4 aromatic rings. The van der Waals surface area contributed by atoms with Crippen LogP contribution in [0.25, 0.3) is 11.7 Å². The number of nitrogens with zero attached hydrogens (tertiary/aromatic N) is 4. The lowest BCUT2D eigenvalue weighted by Crippen LogP contribution is -2.13. The molecule has 3 N–H and O–H groups in total. The first kappa shape index (κ1) is 17.5. The van der Waals surface area contributed by atoms with Gasteiger partial charge in [0.05, 0.1) is 18.0 Å². The van der Waals surface area contributed by atoms with Gasteiger partial charge in [-0.05, 0) is 32.1 Å². The van der Waals surface area contributed by atoms with Crippen molar-refractivity contribution in [3.8, 4) is 11.6 Å². The maximum atomic E-state index is 11.3. The van der Waals surface area contributed by atoms with Gasteiger partial charge in [0.15, 0.2) is 11.1 Å². The summed E-state index contributed by atoms with van der Waals surface area (Å²) >= 11 is 0. The van der Waals surface area contributed by atoms with E-state index in [1.165, 1.54) is 0 Å². The molecule has 3 heterocycles. The second kappa shape index (κ2) is 7.03. The predicted octanol–water partition coefficient (Wildman–Crippen LogP) is 1.02. The summed E-state index contributed by atoms with van der Waals surface area (Å²) in [4.78, 5) is 25.2. The first-order valence-electron chi connectivity index (χ1n) is 8.67. The highest BCUT2D eigenvalue weighted by atomic mass is 16.5. The third kappa shape index (κ3) is 3.63. The molecule has 142 valence electrons. The molecule has 0 fully saturated rings. The summed E-state index contributed by atoms with van der Waals surface area (Å²) in [5.41, 5.74) is 1.51. The van der Waals surface area contributed by atoms with E-state index in [-0.39, 0.29) is 17.7 Å². The monoisotopic (exact) mass is 378 g/mol. The number of ether oxygens (including phenoxy) is 1. The fourth-order valence-corrected chi connectivity index (χ4v) is 2.72. The van der Waals surface area contributed by atoms with Crippen LogP contribution in [0, 0.1) is 0 Å². The summed E-state index contributed by atoms with van der Waals surface area (Å²) in [6, 6.07) is 9.21. The number of benzene rings is 1. The van der Waals surface area contributed by atoms with Crippen molar-refractivity contribution in [3.05, 3.63) is 69.6 Å². The van der Waals surface area contributed by atoms with Crippen molar-refractivity contribution in [2.45, 2.75) is 20.0 Å². The zero-order valence-electron chi connectivity index (χ0n) is 15.2. The van der Waals surface area contributed by atoms with Crippen molar-refractivity contribution in [1.82, 2.24) is 24.6 Å². The number of rotatable bonds is 4. The predicted molar refractivity (Wildman–Crippen MR) is 102 cm³/mol. The van der Waals surface area contributed by atoms with Crippen LogP contribution in [0.3, 0.4) is 0 Å². The van der Waals surface area contributed by atoms with E-state index in [0.29, 0.717) is 22.0 Å². The molecule has 0 bridgehead atoms. The summed E-state index contributed by atoms with van der Waals surface area (Å²) in [5.74, 6) is 0.495. The molecule has 9 nitrogen and oxygen atoms in total. The molecule has 0 atom stereocenters. The van der Waals surface area contributed by atoms with Gasteiger partial charge < -0.3 is 14.8 Å². The van der Waals surface area contributed by atoms with Gasteiger partial charge in [-0.25, -0.2) is 19.3 Å². The third-order valence-electron chi connectivity index (χ3n) is 3.85. The summed E-state index contributed by atoms with van der Waals surface area (Å²) in [5, 5.41) is 14.6. The van der Waals surface area contributed by atoms with E-state index in [4.69, 9.17) is 4.74 Å². The Morgan fingerprint density at radius 2 is 2.14 bits per heavy atom. The van der Waals surface area contributed by atoms with Crippen LogP contribution >= 0.6 is 0 Å². The van der Waals surface area contributed by atoms with Gasteiger partial charge in [-0.3, -0.25) is 4.98 Å². The summed E-state index contributed by atoms with van der Waals surface area (Å²) in [7, 11) is 0. The number of H-pyrrole nitrogens is 2. The van der Waals surface area contributed by atoms with Gasteiger partial charge in [0, 0.05) is 23.5 Å². The molecule has 3 aromatic heterocycles. The minimum absolute atomic E-state index is 0.0749. The Balaban J connectivity index is 1.79. The normalized spacial score (nSPS) is 13.0. The Bertz CT molecular complexity index is 1320. The topological polar surface area (TPSA) is 121 Å². The Hall–Kier alpha value is -3.88. The maximum Gasteiger partial charge on any atom is 0.326 e. The number of nitrogens with one attached hydrogen (secondary N) is 2. The number of aromatic hydroxyl groups is 1. The SMILES string of the molecule is CC(C)Oc1cccc(N=c2ccn3ncc(=Cc4[nH]c(=O)[nH]c4O)c3n2)c1. The van der Waals surface area contributed by atoms with Gasteiger partial charge in [-0.2, -0.15) is 5.10 Å². The van der Waals surface area contributed by atoms with Crippen LogP contribution in [0.15, 0.2) is 52.5 Å². The first-order valence-corrected chi connectivity index (χ1v) is 8.67. The lowest BCUT2D eigenvalue weighted by molar-refractivity contribution is 0.242. The minimum Gasteiger partial charge on any atom is -0.493 e. The van der Waals surface area contributed by atoms with Crippen LogP contribution < -0.4 is 21.1 Å². The number of hydrogen-bond acceptors (Lipinski definition) is 6. The van der Waals surface area contributed by atoms with Crippen LogP contribution in [-0.2, 0) is 0 Å². The molecule has 0 amide bonds. The molecule has 1 aromatic carbocycles. The van der Waals surface area contributed by atoms with E-state index in [1.54, 1.807) is 29.1 Å². The van der Waals surface area contributed by atoms with Gasteiger partial charge in [0.25, 0.3) is 0 Å². The number of aromatic amines is 2. The highest BCUT2D eigenvalue weighted by Crippen LogP contribution is 2.20. The van der Waals surface area contributed by atoms with E-state index in [9.17, 15) is 9.90 Å². The average molecular weight is 378 g/mol. The van der Waals surface area contributed by atoms with Crippen LogP contribution in [0.2, 0.25) is 0 Å². The number of aromatic nitrogens is 5. The second-order valence-corrected chi connectivity index (χ2v) is 6.42. The Morgan fingerprint density at radius 1 is 1.29 bits per heavy atom. The van der Waals surface area contributed by atoms with E-state index in [2.05, 4.69) is 25.0 Å². The Morgan fingerprint density at radius 3 is 2.89 bits per heavy atom. The fraction of sp³-hybridized carbons (Fsp3) is 0.158. The number of hydrogen-bond donors (Lipinski definition) is 3. The van der Waals surface area contributed by atoms with Crippen LogP contribution in [-0.4, -0.2) is 35.8 Å².